The number of imidazole rings is 1. The van der Waals surface area contributed by atoms with Gasteiger partial charge in [-0.2, -0.15) is 4.31 Å². The number of benzene rings is 2. The number of fused-ring (bicyclic) bond motifs is 1. The van der Waals surface area contributed by atoms with Crippen molar-refractivity contribution in [2.24, 2.45) is 0 Å². The van der Waals surface area contributed by atoms with Gasteiger partial charge in [0.2, 0.25) is 10.0 Å². The van der Waals surface area contributed by atoms with Crippen LogP contribution in [0.15, 0.2) is 52.2 Å². The minimum absolute atomic E-state index is 0.0702. The molecule has 1 aromatic heterocycles. The molecule has 4 rings (SSSR count). The lowest BCUT2D eigenvalue weighted by molar-refractivity contribution is 0.0598. The largest absolute Gasteiger partial charge is 0.465 e. The number of methoxy groups -OCH3 is 2. The molecule has 33 heavy (non-hydrogen) atoms. The zero-order valence-electron chi connectivity index (χ0n) is 18.1. The highest BCUT2D eigenvalue weighted by atomic mass is 32.2. The fraction of sp³-hybridized carbons (Fsp3) is 0.318. The number of piperidine rings is 1. The third-order valence-corrected chi connectivity index (χ3v) is 7.68. The molecule has 3 aromatic rings. The van der Waals surface area contributed by atoms with E-state index >= 15 is 0 Å². The van der Waals surface area contributed by atoms with E-state index in [4.69, 9.17) is 0 Å². The number of para-hydroxylation sites is 2. The van der Waals surface area contributed by atoms with Crippen LogP contribution in [0.1, 0.15) is 39.6 Å². The average molecular weight is 474 g/mol. The Labute approximate surface area is 189 Å². The van der Waals surface area contributed by atoms with E-state index in [9.17, 15) is 22.8 Å². The molecule has 0 unspecified atom stereocenters. The summed E-state index contributed by atoms with van der Waals surface area (Å²) in [5.41, 5.74) is 1.13. The van der Waals surface area contributed by atoms with Crippen molar-refractivity contribution in [3.05, 3.63) is 64.1 Å². The predicted octanol–water partition coefficient (Wildman–Crippen LogP) is 1.93. The van der Waals surface area contributed by atoms with Gasteiger partial charge in [0.05, 0.1) is 41.3 Å². The maximum absolute atomic E-state index is 13.3. The molecular weight excluding hydrogens is 450 g/mol. The topological polar surface area (TPSA) is 128 Å². The Balaban J connectivity index is 1.62. The van der Waals surface area contributed by atoms with Gasteiger partial charge in [-0.25, -0.2) is 22.8 Å². The molecule has 10 nitrogen and oxygen atoms in total. The molecule has 2 aromatic carbocycles. The van der Waals surface area contributed by atoms with Crippen LogP contribution >= 0.6 is 0 Å². The number of hydrogen-bond acceptors (Lipinski definition) is 7. The van der Waals surface area contributed by atoms with Crippen molar-refractivity contribution in [3.63, 3.8) is 0 Å². The molecule has 0 amide bonds. The first-order valence-corrected chi connectivity index (χ1v) is 11.7. The van der Waals surface area contributed by atoms with E-state index in [-0.39, 0.29) is 40.8 Å². The molecule has 0 bridgehead atoms. The zero-order valence-corrected chi connectivity index (χ0v) is 18.9. The van der Waals surface area contributed by atoms with E-state index in [1.807, 2.05) is 24.3 Å². The maximum Gasteiger partial charge on any atom is 0.337 e. The molecule has 0 saturated carbocycles. The first-order chi connectivity index (χ1) is 15.8. The van der Waals surface area contributed by atoms with Crippen LogP contribution in [0.3, 0.4) is 0 Å². The van der Waals surface area contributed by atoms with Crippen molar-refractivity contribution in [3.8, 4) is 0 Å². The molecule has 0 radical (unpaired) electrons. The van der Waals surface area contributed by atoms with E-state index in [0.29, 0.717) is 12.8 Å². The summed E-state index contributed by atoms with van der Waals surface area (Å²) in [6.07, 6.45) is 0.864. The molecular formula is C22H23N3O7S. The number of sulfonamides is 1. The first kappa shape index (κ1) is 22.7. The van der Waals surface area contributed by atoms with Crippen LogP contribution in [0.2, 0.25) is 0 Å². The number of carbonyl (C=O) groups excluding carboxylic acids is 2. The standard InChI is InChI=1S/C22H23N3O7S/c1-31-20(26)14-11-15(21(27)32-2)13-17(12-14)33(29,30)24-9-7-16(8-10-24)25-19-6-4-3-5-18(19)23-22(25)28/h3-6,11-13,16H,7-10H2,1-2H3,(H,23,28). The number of rotatable bonds is 5. The van der Waals surface area contributed by atoms with E-state index in [0.717, 1.165) is 11.0 Å². The van der Waals surface area contributed by atoms with Crippen LogP contribution < -0.4 is 5.69 Å². The number of nitrogens with one attached hydrogen (secondary N) is 1. The van der Waals surface area contributed by atoms with Gasteiger partial charge >= 0.3 is 17.6 Å². The number of ether oxygens (including phenoxy) is 2. The lowest BCUT2D eigenvalue weighted by atomic mass is 10.1. The number of aromatic nitrogens is 2. The lowest BCUT2D eigenvalue weighted by Gasteiger charge is -2.32. The SMILES string of the molecule is COC(=O)c1cc(C(=O)OC)cc(S(=O)(=O)N2CCC(n3c(=O)[nH]c4ccccc43)CC2)c1. The van der Waals surface area contributed by atoms with Gasteiger partial charge in [0.15, 0.2) is 0 Å². The Bertz CT molecular complexity index is 1350. The second-order valence-electron chi connectivity index (χ2n) is 7.68. The number of esters is 2. The number of carbonyl (C=O) groups is 2. The summed E-state index contributed by atoms with van der Waals surface area (Å²) in [4.78, 5) is 39.2. The lowest BCUT2D eigenvalue weighted by Crippen LogP contribution is -2.40. The fourth-order valence-corrected chi connectivity index (χ4v) is 5.69. The van der Waals surface area contributed by atoms with Crippen molar-refractivity contribution < 1.29 is 27.5 Å². The molecule has 1 fully saturated rings. The molecule has 0 spiro atoms. The molecule has 1 aliphatic heterocycles. The molecule has 2 heterocycles. The highest BCUT2D eigenvalue weighted by Crippen LogP contribution is 2.29. The molecule has 0 atom stereocenters. The van der Waals surface area contributed by atoms with Gasteiger partial charge in [-0.15, -0.1) is 0 Å². The second-order valence-corrected chi connectivity index (χ2v) is 9.62. The smallest absolute Gasteiger partial charge is 0.337 e. The van der Waals surface area contributed by atoms with Gasteiger partial charge in [-0.1, -0.05) is 12.1 Å². The van der Waals surface area contributed by atoms with E-state index in [2.05, 4.69) is 14.5 Å². The summed E-state index contributed by atoms with van der Waals surface area (Å²) in [5.74, 6) is -1.54. The van der Waals surface area contributed by atoms with Crippen LogP contribution in [0.25, 0.3) is 11.0 Å². The molecule has 0 aliphatic carbocycles. The summed E-state index contributed by atoms with van der Waals surface area (Å²) >= 11 is 0. The highest BCUT2D eigenvalue weighted by molar-refractivity contribution is 7.89. The normalized spacial score (nSPS) is 15.5. The second kappa shape index (κ2) is 8.83. The molecule has 1 N–H and O–H groups in total. The van der Waals surface area contributed by atoms with Crippen molar-refractivity contribution in [2.45, 2.75) is 23.8 Å². The predicted molar refractivity (Wildman–Crippen MR) is 119 cm³/mol. The van der Waals surface area contributed by atoms with Crippen molar-refractivity contribution in [2.75, 3.05) is 27.3 Å². The van der Waals surface area contributed by atoms with E-state index < -0.39 is 22.0 Å². The maximum atomic E-state index is 13.3. The van der Waals surface area contributed by atoms with E-state index in [1.54, 1.807) is 4.57 Å². The van der Waals surface area contributed by atoms with E-state index in [1.165, 1.54) is 36.7 Å². The third kappa shape index (κ3) is 4.16. The summed E-state index contributed by atoms with van der Waals surface area (Å²) in [6.45, 7) is 0.351. The number of hydrogen-bond donors (Lipinski definition) is 1. The van der Waals surface area contributed by atoms with Crippen molar-refractivity contribution >= 4 is 33.0 Å². The Morgan fingerprint density at radius 3 is 2.12 bits per heavy atom. The molecule has 1 saturated heterocycles. The summed E-state index contributed by atoms with van der Waals surface area (Å²) in [7, 11) is -1.68. The minimum Gasteiger partial charge on any atom is -0.465 e. The Morgan fingerprint density at radius 1 is 0.970 bits per heavy atom. The highest BCUT2D eigenvalue weighted by Gasteiger charge is 2.32. The fourth-order valence-electron chi connectivity index (χ4n) is 4.15. The zero-order chi connectivity index (χ0) is 23.8. The third-order valence-electron chi connectivity index (χ3n) is 5.80. The Kier molecular flexibility index (Phi) is 6.09. The monoisotopic (exact) mass is 473 g/mol. The minimum atomic E-state index is -4.01. The van der Waals surface area contributed by atoms with Crippen LogP contribution in [0.4, 0.5) is 0 Å². The van der Waals surface area contributed by atoms with Gasteiger partial charge in [0.1, 0.15) is 0 Å². The van der Waals surface area contributed by atoms with Crippen molar-refractivity contribution in [1.29, 1.82) is 0 Å². The van der Waals surface area contributed by atoms with Gasteiger partial charge in [-0.3, -0.25) is 4.57 Å². The van der Waals surface area contributed by atoms with Crippen LogP contribution in [-0.2, 0) is 19.5 Å². The molecule has 174 valence electrons. The summed E-state index contributed by atoms with van der Waals surface area (Å²) in [6, 6.07) is 10.8. The van der Waals surface area contributed by atoms with Gasteiger partial charge in [0.25, 0.3) is 0 Å². The van der Waals surface area contributed by atoms with Gasteiger partial charge < -0.3 is 14.5 Å². The van der Waals surface area contributed by atoms with Gasteiger partial charge in [-0.05, 0) is 43.2 Å². The number of nitrogens with zero attached hydrogens (tertiary/aromatic N) is 2. The van der Waals surface area contributed by atoms with Crippen molar-refractivity contribution in [1.82, 2.24) is 13.9 Å². The summed E-state index contributed by atoms with van der Waals surface area (Å²) in [5, 5.41) is 0. The van der Waals surface area contributed by atoms with Gasteiger partial charge in [0, 0.05) is 19.1 Å². The van der Waals surface area contributed by atoms with Crippen LogP contribution in [0, 0.1) is 0 Å². The Morgan fingerprint density at radius 2 is 1.55 bits per heavy atom. The van der Waals surface area contributed by atoms with Crippen LogP contribution in [0.5, 0.6) is 0 Å². The number of H-pyrrole nitrogens is 1. The first-order valence-electron chi connectivity index (χ1n) is 10.3. The number of aromatic amines is 1. The van der Waals surface area contributed by atoms with Crippen LogP contribution in [-0.4, -0.2) is 61.5 Å². The quantitative estimate of drug-likeness (QED) is 0.561. The Hall–Kier alpha value is -3.44. The average Bonchev–Trinajstić information content (AvgIpc) is 3.18. The molecule has 11 heteroatoms. The molecule has 1 aliphatic rings. The summed E-state index contributed by atoms with van der Waals surface area (Å²) < 4.78 is 39.0.